The molecule has 15 nitrogen and oxygen atoms in total. The number of carbonyl (C=O) groups is 4. The highest BCUT2D eigenvalue weighted by molar-refractivity contribution is 9.10. The number of aromatic nitrogens is 2. The maximum atomic E-state index is 13.5. The number of hydrogen-bond donors (Lipinski definition) is 4. The number of carbonyl (C=O) groups excluding carboxylic acids is 4. The fraction of sp³-hybridized carbons (Fsp3) is 0.515. The second-order valence-corrected chi connectivity index (χ2v) is 18.8. The van der Waals surface area contributed by atoms with Gasteiger partial charge in [-0.2, -0.15) is 16.7 Å². The van der Waals surface area contributed by atoms with Gasteiger partial charge in [0, 0.05) is 23.1 Å². The van der Waals surface area contributed by atoms with E-state index < -0.39 is 51.4 Å². The van der Waals surface area contributed by atoms with Crippen molar-refractivity contribution in [2.45, 2.75) is 64.2 Å². The standard InChI is InChI=1S/C33H48BrN5O10SSi/c1-10-12-46-31(43)28-21(23(14-24(45-7)29(28)34)49-51(8,9)33(5,6)20(3)4)18-50-19-22(37-26(41)16-35-27(42)17-40)30-38-25(39-48-30)15-36-32(44)47-13-11-2/h10-11,14,20,22,40H,1-2,12-13,15-19H2,3-9H3,(H,35,42)(H,36,44)(H,37,41)/t22-/m0/s1. The van der Waals surface area contributed by atoms with Gasteiger partial charge in [-0.15, -0.1) is 0 Å². The number of benzene rings is 1. The van der Waals surface area contributed by atoms with Gasteiger partial charge in [0.05, 0.1) is 30.2 Å². The first-order chi connectivity index (χ1) is 24.0. The first-order valence-corrected chi connectivity index (χ1v) is 20.8. The van der Waals surface area contributed by atoms with E-state index in [1.807, 2.05) is 0 Å². The topological polar surface area (TPSA) is 200 Å². The minimum absolute atomic E-state index is 0.0157. The van der Waals surface area contributed by atoms with Crippen LogP contribution >= 0.6 is 27.7 Å². The van der Waals surface area contributed by atoms with Crippen molar-refractivity contribution in [3.8, 4) is 11.5 Å². The van der Waals surface area contributed by atoms with Gasteiger partial charge in [-0.1, -0.05) is 58.2 Å². The summed E-state index contributed by atoms with van der Waals surface area (Å²) >= 11 is 4.86. The Hall–Kier alpha value is -3.87. The number of rotatable bonds is 21. The molecule has 1 aromatic heterocycles. The Labute approximate surface area is 311 Å². The Morgan fingerprint density at radius 1 is 1.10 bits per heavy atom. The molecule has 0 radical (unpaired) electrons. The molecule has 0 saturated heterocycles. The van der Waals surface area contributed by atoms with Gasteiger partial charge >= 0.3 is 12.1 Å². The summed E-state index contributed by atoms with van der Waals surface area (Å²) < 4.78 is 28.7. The molecular weight excluding hydrogens is 766 g/mol. The van der Waals surface area contributed by atoms with E-state index in [0.717, 1.165) is 0 Å². The van der Waals surface area contributed by atoms with Crippen LogP contribution in [-0.2, 0) is 31.4 Å². The lowest BCUT2D eigenvalue weighted by Gasteiger charge is -2.43. The van der Waals surface area contributed by atoms with Crippen LogP contribution in [0.15, 0.2) is 40.4 Å². The summed E-state index contributed by atoms with van der Waals surface area (Å²) in [6, 6.07) is 0.867. The second-order valence-electron chi connectivity index (χ2n) is 12.5. The second kappa shape index (κ2) is 20.2. The number of nitrogens with zero attached hydrogens (tertiary/aromatic N) is 2. The van der Waals surface area contributed by atoms with Crippen molar-refractivity contribution in [2.75, 3.05) is 39.2 Å². The van der Waals surface area contributed by atoms with E-state index in [2.05, 4.69) is 96.0 Å². The number of methoxy groups -OCH3 is 1. The predicted molar refractivity (Wildman–Crippen MR) is 198 cm³/mol. The van der Waals surface area contributed by atoms with Gasteiger partial charge in [-0.3, -0.25) is 9.59 Å². The number of alkyl carbamates (subject to hydrolysis) is 1. The van der Waals surface area contributed by atoms with Crippen LogP contribution in [-0.4, -0.2) is 86.7 Å². The van der Waals surface area contributed by atoms with E-state index in [1.54, 1.807) is 6.07 Å². The molecule has 1 aromatic carbocycles. The van der Waals surface area contributed by atoms with Gasteiger partial charge in [0.1, 0.15) is 37.4 Å². The lowest BCUT2D eigenvalue weighted by Crippen LogP contribution is -2.48. The molecule has 0 fully saturated rings. The summed E-state index contributed by atoms with van der Waals surface area (Å²) in [7, 11) is -1.02. The Morgan fingerprint density at radius 3 is 2.37 bits per heavy atom. The summed E-state index contributed by atoms with van der Waals surface area (Å²) in [6.07, 6.45) is 2.17. The fourth-order valence-corrected chi connectivity index (χ4v) is 8.44. The molecule has 2 rings (SSSR count). The SMILES string of the molecule is C=CCOC(=O)NCc1noc([C@H](CSCc2c(O[Si](C)(C)C(C)(C)C(C)C)cc(OC)c(Br)c2C(=O)OCC=C)NC(=O)CNC(=O)CO)n1. The molecule has 0 bridgehead atoms. The number of hydrogen-bond acceptors (Lipinski definition) is 13. The van der Waals surface area contributed by atoms with E-state index in [9.17, 15) is 19.2 Å². The molecule has 0 aliphatic carbocycles. The lowest BCUT2D eigenvalue weighted by atomic mass is 9.99. The third kappa shape index (κ3) is 12.4. The van der Waals surface area contributed by atoms with Crippen LogP contribution in [0.25, 0.3) is 0 Å². The average molecular weight is 815 g/mol. The van der Waals surface area contributed by atoms with Crippen LogP contribution in [0, 0.1) is 5.92 Å². The van der Waals surface area contributed by atoms with Crippen molar-refractivity contribution in [1.29, 1.82) is 0 Å². The summed E-state index contributed by atoms with van der Waals surface area (Å²) in [6.45, 7) is 18.7. The summed E-state index contributed by atoms with van der Waals surface area (Å²) in [4.78, 5) is 54.1. The number of amides is 3. The zero-order chi connectivity index (χ0) is 38.4. The van der Waals surface area contributed by atoms with E-state index >= 15 is 0 Å². The summed E-state index contributed by atoms with van der Waals surface area (Å²) in [5, 5.41) is 20.3. The van der Waals surface area contributed by atoms with Crippen molar-refractivity contribution < 1.29 is 47.4 Å². The van der Waals surface area contributed by atoms with E-state index in [0.29, 0.717) is 27.5 Å². The van der Waals surface area contributed by atoms with Crippen molar-refractivity contribution in [3.63, 3.8) is 0 Å². The van der Waals surface area contributed by atoms with Crippen LogP contribution in [0.5, 0.6) is 11.5 Å². The molecule has 0 aliphatic heterocycles. The highest BCUT2D eigenvalue weighted by atomic mass is 79.9. The molecule has 0 saturated carbocycles. The van der Waals surface area contributed by atoms with Crippen LogP contribution in [0.3, 0.4) is 0 Å². The third-order valence-corrected chi connectivity index (χ3v) is 14.6. The number of halogens is 1. The zero-order valence-corrected chi connectivity index (χ0v) is 33.5. The normalized spacial score (nSPS) is 12.0. The Bertz CT molecular complexity index is 1550. The average Bonchev–Trinajstić information content (AvgIpc) is 3.56. The maximum absolute atomic E-state index is 13.5. The molecular formula is C33H48BrN5O10SSi. The minimum atomic E-state index is -2.52. The number of thioether (sulfide) groups is 1. The van der Waals surface area contributed by atoms with Crippen molar-refractivity contribution in [3.05, 3.63) is 58.7 Å². The van der Waals surface area contributed by atoms with Crippen molar-refractivity contribution >= 4 is 59.9 Å². The van der Waals surface area contributed by atoms with Crippen LogP contribution in [0.1, 0.15) is 61.4 Å². The smallest absolute Gasteiger partial charge is 0.407 e. The molecule has 2 aromatic rings. The molecule has 51 heavy (non-hydrogen) atoms. The fourth-order valence-electron chi connectivity index (χ4n) is 4.30. The van der Waals surface area contributed by atoms with E-state index in [1.165, 1.54) is 31.0 Å². The third-order valence-electron chi connectivity index (χ3n) is 8.37. The highest BCUT2D eigenvalue weighted by Crippen LogP contribution is 2.47. The number of nitrogens with one attached hydrogen (secondary N) is 3. The molecule has 18 heteroatoms. The first-order valence-electron chi connectivity index (χ1n) is 16.0. The van der Waals surface area contributed by atoms with Gasteiger partial charge in [0.25, 0.3) is 8.32 Å². The molecule has 4 N–H and O–H groups in total. The summed E-state index contributed by atoms with van der Waals surface area (Å²) in [5.74, 6) is -0.321. The number of aliphatic hydroxyl groups excluding tert-OH is 1. The molecule has 0 unspecified atom stereocenters. The number of ether oxygens (including phenoxy) is 3. The molecule has 0 aliphatic rings. The highest BCUT2D eigenvalue weighted by Gasteiger charge is 2.45. The zero-order valence-electron chi connectivity index (χ0n) is 30.1. The molecule has 1 heterocycles. The largest absolute Gasteiger partial charge is 0.543 e. The predicted octanol–water partition coefficient (Wildman–Crippen LogP) is 4.82. The Balaban J connectivity index is 2.50. The molecule has 3 amide bonds. The number of aliphatic hydroxyl groups is 1. The van der Waals surface area contributed by atoms with Gasteiger partial charge in [0.15, 0.2) is 5.82 Å². The summed E-state index contributed by atoms with van der Waals surface area (Å²) in [5.41, 5.74) is 0.753. The van der Waals surface area contributed by atoms with E-state index in [4.69, 9.17) is 28.3 Å². The monoisotopic (exact) mass is 813 g/mol. The Morgan fingerprint density at radius 2 is 1.76 bits per heavy atom. The number of esters is 1. The minimum Gasteiger partial charge on any atom is -0.543 e. The van der Waals surface area contributed by atoms with Gasteiger partial charge in [-0.25, -0.2) is 9.59 Å². The van der Waals surface area contributed by atoms with Gasteiger partial charge < -0.3 is 44.2 Å². The van der Waals surface area contributed by atoms with Crippen molar-refractivity contribution in [2.24, 2.45) is 5.92 Å². The van der Waals surface area contributed by atoms with E-state index in [-0.39, 0.29) is 53.6 Å². The van der Waals surface area contributed by atoms with Crippen LogP contribution < -0.4 is 25.1 Å². The van der Waals surface area contributed by atoms with Crippen LogP contribution in [0.2, 0.25) is 18.1 Å². The lowest BCUT2D eigenvalue weighted by molar-refractivity contribution is -0.128. The molecule has 0 spiro atoms. The van der Waals surface area contributed by atoms with Crippen molar-refractivity contribution in [1.82, 2.24) is 26.1 Å². The van der Waals surface area contributed by atoms with Gasteiger partial charge in [0.2, 0.25) is 17.7 Å². The first kappa shape index (κ1) is 43.3. The molecule has 1 atom stereocenters. The maximum Gasteiger partial charge on any atom is 0.407 e. The molecule has 282 valence electrons. The van der Waals surface area contributed by atoms with Crippen LogP contribution in [0.4, 0.5) is 4.79 Å². The quantitative estimate of drug-likeness (QED) is 0.0761. The Kier molecular flexibility index (Phi) is 17.2. The van der Waals surface area contributed by atoms with Gasteiger partial charge in [-0.05, 0) is 40.0 Å².